The Balaban J connectivity index is 2.18. The van der Waals surface area contributed by atoms with Crippen LogP contribution in [-0.2, 0) is 13.6 Å². The molecule has 0 bridgehead atoms. The van der Waals surface area contributed by atoms with Crippen molar-refractivity contribution in [2.45, 2.75) is 13.5 Å². The number of para-hydroxylation sites is 1. The molecule has 1 N–H and O–H groups in total. The second-order valence-electron chi connectivity index (χ2n) is 4.03. The van der Waals surface area contributed by atoms with Crippen molar-refractivity contribution in [3.05, 3.63) is 41.3 Å². The minimum absolute atomic E-state index is 0.266. The molecule has 2 aromatic rings. The molecular formula is C13H16FN3O. The van der Waals surface area contributed by atoms with Crippen LogP contribution in [0.1, 0.15) is 11.3 Å². The minimum atomic E-state index is -0.266. The number of rotatable bonds is 4. The molecule has 0 amide bonds. The van der Waals surface area contributed by atoms with Gasteiger partial charge in [-0.2, -0.15) is 5.10 Å². The first-order valence-electron chi connectivity index (χ1n) is 5.68. The highest BCUT2D eigenvalue weighted by atomic mass is 19.1. The van der Waals surface area contributed by atoms with Gasteiger partial charge in [-0.15, -0.1) is 0 Å². The monoisotopic (exact) mass is 249 g/mol. The van der Waals surface area contributed by atoms with Gasteiger partial charge in [-0.05, 0) is 19.1 Å². The van der Waals surface area contributed by atoms with Crippen LogP contribution < -0.4 is 10.1 Å². The Morgan fingerprint density at radius 2 is 2.11 bits per heavy atom. The first-order chi connectivity index (χ1) is 8.63. The van der Waals surface area contributed by atoms with E-state index >= 15 is 0 Å². The summed E-state index contributed by atoms with van der Waals surface area (Å²) in [7, 11) is 3.42. The van der Waals surface area contributed by atoms with Crippen molar-refractivity contribution in [1.29, 1.82) is 0 Å². The maximum absolute atomic E-state index is 13.5. The number of hydrogen-bond donors (Lipinski definition) is 1. The summed E-state index contributed by atoms with van der Waals surface area (Å²) in [5.41, 5.74) is 2.28. The van der Waals surface area contributed by atoms with Crippen LogP contribution in [-0.4, -0.2) is 16.9 Å². The first kappa shape index (κ1) is 12.4. The van der Waals surface area contributed by atoms with Crippen molar-refractivity contribution in [2.75, 3.05) is 12.4 Å². The van der Waals surface area contributed by atoms with Gasteiger partial charge in [0.2, 0.25) is 5.88 Å². The van der Waals surface area contributed by atoms with Gasteiger partial charge in [0, 0.05) is 13.6 Å². The van der Waals surface area contributed by atoms with E-state index in [1.54, 1.807) is 30.0 Å². The van der Waals surface area contributed by atoms with Gasteiger partial charge in [0.25, 0.3) is 0 Å². The molecule has 18 heavy (non-hydrogen) atoms. The lowest BCUT2D eigenvalue weighted by molar-refractivity contribution is 0.369. The van der Waals surface area contributed by atoms with E-state index in [9.17, 15) is 4.39 Å². The van der Waals surface area contributed by atoms with Gasteiger partial charge in [0.1, 0.15) is 5.82 Å². The summed E-state index contributed by atoms with van der Waals surface area (Å²) in [5, 5.41) is 7.32. The molecule has 1 aromatic carbocycles. The Labute approximate surface area is 105 Å². The molecule has 96 valence electrons. The SMILES string of the molecule is COc1c(CNc2ccccc2F)c(C)nn1C. The van der Waals surface area contributed by atoms with E-state index in [4.69, 9.17) is 4.74 Å². The van der Waals surface area contributed by atoms with E-state index in [0.29, 0.717) is 18.1 Å². The fourth-order valence-electron chi connectivity index (χ4n) is 1.93. The molecule has 0 saturated heterocycles. The smallest absolute Gasteiger partial charge is 0.216 e. The zero-order chi connectivity index (χ0) is 13.1. The van der Waals surface area contributed by atoms with Crippen LogP contribution in [0.2, 0.25) is 0 Å². The largest absolute Gasteiger partial charge is 0.481 e. The van der Waals surface area contributed by atoms with Crippen molar-refractivity contribution in [3.63, 3.8) is 0 Å². The van der Waals surface area contributed by atoms with Crippen LogP contribution in [0.4, 0.5) is 10.1 Å². The number of aromatic nitrogens is 2. The number of aryl methyl sites for hydroxylation is 2. The van der Waals surface area contributed by atoms with Gasteiger partial charge in [-0.3, -0.25) is 0 Å². The van der Waals surface area contributed by atoms with Gasteiger partial charge < -0.3 is 10.1 Å². The standard InChI is InChI=1S/C13H16FN3O/c1-9-10(13(18-3)17(2)16-9)8-15-12-7-5-4-6-11(12)14/h4-7,15H,8H2,1-3H3. The van der Waals surface area contributed by atoms with Crippen molar-refractivity contribution in [3.8, 4) is 5.88 Å². The molecule has 1 heterocycles. The quantitative estimate of drug-likeness (QED) is 0.904. The molecule has 0 saturated carbocycles. The van der Waals surface area contributed by atoms with Crippen molar-refractivity contribution in [1.82, 2.24) is 9.78 Å². The van der Waals surface area contributed by atoms with Crippen molar-refractivity contribution >= 4 is 5.69 Å². The topological polar surface area (TPSA) is 39.1 Å². The second kappa shape index (κ2) is 5.08. The van der Waals surface area contributed by atoms with Crippen molar-refractivity contribution < 1.29 is 9.13 Å². The molecule has 0 aliphatic carbocycles. The number of hydrogen-bond acceptors (Lipinski definition) is 3. The summed E-state index contributed by atoms with van der Waals surface area (Å²) in [6, 6.07) is 6.58. The summed E-state index contributed by atoms with van der Waals surface area (Å²) < 4.78 is 20.4. The maximum Gasteiger partial charge on any atom is 0.216 e. The van der Waals surface area contributed by atoms with Crippen LogP contribution in [0.3, 0.4) is 0 Å². The van der Waals surface area contributed by atoms with Crippen LogP contribution in [0.5, 0.6) is 5.88 Å². The molecule has 0 aliphatic rings. The molecule has 0 aliphatic heterocycles. The zero-order valence-corrected chi connectivity index (χ0v) is 10.7. The summed E-state index contributed by atoms with van der Waals surface area (Å²) in [4.78, 5) is 0. The fourth-order valence-corrected chi connectivity index (χ4v) is 1.93. The molecule has 0 radical (unpaired) electrons. The van der Waals surface area contributed by atoms with Crippen LogP contribution in [0.15, 0.2) is 24.3 Å². The number of ether oxygens (including phenoxy) is 1. The van der Waals surface area contributed by atoms with Crippen molar-refractivity contribution in [2.24, 2.45) is 7.05 Å². The Kier molecular flexibility index (Phi) is 3.50. The molecule has 0 unspecified atom stereocenters. The average molecular weight is 249 g/mol. The molecule has 1 aromatic heterocycles. The third-order valence-electron chi connectivity index (χ3n) is 2.81. The van der Waals surface area contributed by atoms with E-state index in [1.165, 1.54) is 6.07 Å². The lowest BCUT2D eigenvalue weighted by Gasteiger charge is -2.08. The van der Waals surface area contributed by atoms with Gasteiger partial charge in [-0.25, -0.2) is 9.07 Å². The van der Waals surface area contributed by atoms with Gasteiger partial charge >= 0.3 is 0 Å². The number of nitrogens with zero attached hydrogens (tertiary/aromatic N) is 2. The lowest BCUT2D eigenvalue weighted by atomic mass is 10.2. The molecule has 5 heteroatoms. The first-order valence-corrected chi connectivity index (χ1v) is 5.68. The molecule has 0 atom stereocenters. The minimum Gasteiger partial charge on any atom is -0.481 e. The molecular weight excluding hydrogens is 233 g/mol. The number of halogens is 1. The Bertz CT molecular complexity index is 551. The molecule has 4 nitrogen and oxygen atoms in total. The summed E-state index contributed by atoms with van der Waals surface area (Å²) in [6.45, 7) is 2.38. The fraction of sp³-hybridized carbons (Fsp3) is 0.308. The Morgan fingerprint density at radius 3 is 2.78 bits per heavy atom. The third kappa shape index (κ3) is 2.30. The second-order valence-corrected chi connectivity index (χ2v) is 4.03. The normalized spacial score (nSPS) is 10.4. The summed E-state index contributed by atoms with van der Waals surface area (Å²) in [6.07, 6.45) is 0. The summed E-state index contributed by atoms with van der Waals surface area (Å²) >= 11 is 0. The maximum atomic E-state index is 13.5. The molecule has 2 rings (SSSR count). The van der Waals surface area contributed by atoms with E-state index < -0.39 is 0 Å². The number of anilines is 1. The van der Waals surface area contributed by atoms with Crippen LogP contribution in [0.25, 0.3) is 0 Å². The predicted octanol–water partition coefficient (Wildman–Crippen LogP) is 2.49. The van der Waals surface area contributed by atoms with Gasteiger partial charge in [0.15, 0.2) is 0 Å². The number of nitrogens with one attached hydrogen (secondary N) is 1. The van der Waals surface area contributed by atoms with Gasteiger partial charge in [-0.1, -0.05) is 12.1 Å². The number of benzene rings is 1. The highest BCUT2D eigenvalue weighted by molar-refractivity contribution is 5.46. The van der Waals surface area contributed by atoms with E-state index in [1.807, 2.05) is 14.0 Å². The highest BCUT2D eigenvalue weighted by Crippen LogP contribution is 2.22. The van der Waals surface area contributed by atoms with Gasteiger partial charge in [0.05, 0.1) is 24.1 Å². The third-order valence-corrected chi connectivity index (χ3v) is 2.81. The molecule has 0 spiro atoms. The Hall–Kier alpha value is -2.04. The lowest BCUT2D eigenvalue weighted by Crippen LogP contribution is -2.04. The predicted molar refractivity (Wildman–Crippen MR) is 68.2 cm³/mol. The average Bonchev–Trinajstić information content (AvgIpc) is 2.62. The zero-order valence-electron chi connectivity index (χ0n) is 10.7. The number of methoxy groups -OCH3 is 1. The van der Waals surface area contributed by atoms with Crippen LogP contribution >= 0.6 is 0 Å². The van der Waals surface area contributed by atoms with E-state index in [-0.39, 0.29) is 5.82 Å². The summed E-state index contributed by atoms with van der Waals surface area (Å²) in [5.74, 6) is 0.425. The molecule has 0 fully saturated rings. The highest BCUT2D eigenvalue weighted by Gasteiger charge is 2.13. The van der Waals surface area contributed by atoms with E-state index in [0.717, 1.165) is 11.3 Å². The van der Waals surface area contributed by atoms with Crippen LogP contribution in [0, 0.1) is 12.7 Å². The van der Waals surface area contributed by atoms with E-state index in [2.05, 4.69) is 10.4 Å². The Morgan fingerprint density at radius 1 is 1.39 bits per heavy atom.